The van der Waals surface area contributed by atoms with E-state index in [0.29, 0.717) is 19.8 Å². The fourth-order valence-electron chi connectivity index (χ4n) is 2.40. The van der Waals surface area contributed by atoms with Crippen LogP contribution in [0.1, 0.15) is 19.4 Å². The van der Waals surface area contributed by atoms with Crippen LogP contribution in [-0.4, -0.2) is 42.2 Å². The molecule has 1 saturated heterocycles. The van der Waals surface area contributed by atoms with Crippen LogP contribution in [0.3, 0.4) is 0 Å². The first-order chi connectivity index (χ1) is 10.2. The third-order valence-corrected chi connectivity index (χ3v) is 4.28. The van der Waals surface area contributed by atoms with Crippen LogP contribution >= 0.6 is 22.6 Å². The number of ether oxygens (including phenoxy) is 4. The first-order valence-corrected chi connectivity index (χ1v) is 8.87. The summed E-state index contributed by atoms with van der Waals surface area (Å²) in [7, 11) is 0. The van der Waals surface area contributed by atoms with E-state index < -0.39 is 0 Å². The number of hydrogen-bond donors (Lipinski definition) is 0. The molecule has 1 heterocycles. The molecule has 0 spiro atoms. The lowest BCUT2D eigenvalue weighted by molar-refractivity contribution is -0.180. The van der Waals surface area contributed by atoms with Crippen LogP contribution in [0.2, 0.25) is 0 Å². The number of alkyl halides is 1. The van der Waals surface area contributed by atoms with E-state index in [1.54, 1.807) is 0 Å². The lowest BCUT2D eigenvalue weighted by Gasteiger charge is -2.25. The molecule has 0 radical (unpaired) electrons. The standard InChI is InChI=1S/C16H23IO4/c1-3-18-12(2)21-15-11-19-14(9-17)16(15)20-10-13-7-5-4-6-8-13/h4-8,12,14-16H,3,9-11H2,1-2H3/t12-,14+,15+,16-/m0/s1. The van der Waals surface area contributed by atoms with Gasteiger partial charge in [-0.15, -0.1) is 0 Å². The number of hydrogen-bond acceptors (Lipinski definition) is 4. The second kappa shape index (κ2) is 9.05. The van der Waals surface area contributed by atoms with E-state index in [4.69, 9.17) is 18.9 Å². The van der Waals surface area contributed by atoms with Gasteiger partial charge in [-0.05, 0) is 19.4 Å². The van der Waals surface area contributed by atoms with Crippen molar-refractivity contribution in [2.24, 2.45) is 0 Å². The maximum Gasteiger partial charge on any atom is 0.155 e. The molecule has 1 aliphatic rings. The molecule has 0 amide bonds. The Balaban J connectivity index is 1.91. The van der Waals surface area contributed by atoms with E-state index >= 15 is 0 Å². The maximum atomic E-state index is 6.07. The molecule has 2 rings (SSSR count). The van der Waals surface area contributed by atoms with Crippen LogP contribution in [0.25, 0.3) is 0 Å². The molecule has 0 unspecified atom stereocenters. The van der Waals surface area contributed by atoms with Gasteiger partial charge in [0.2, 0.25) is 0 Å². The summed E-state index contributed by atoms with van der Waals surface area (Å²) in [4.78, 5) is 0. The van der Waals surface area contributed by atoms with Crippen molar-refractivity contribution in [2.75, 3.05) is 17.6 Å². The predicted molar refractivity (Wildman–Crippen MR) is 89.6 cm³/mol. The number of halogens is 1. The monoisotopic (exact) mass is 406 g/mol. The van der Waals surface area contributed by atoms with Gasteiger partial charge in [0, 0.05) is 11.0 Å². The summed E-state index contributed by atoms with van der Waals surface area (Å²) in [5.41, 5.74) is 1.16. The Morgan fingerprint density at radius 3 is 2.76 bits per heavy atom. The zero-order chi connectivity index (χ0) is 15.1. The minimum Gasteiger partial charge on any atom is -0.372 e. The van der Waals surface area contributed by atoms with Gasteiger partial charge in [0.05, 0.1) is 19.3 Å². The lowest BCUT2D eigenvalue weighted by atomic mass is 10.1. The summed E-state index contributed by atoms with van der Waals surface area (Å²) < 4.78 is 24.1. The quantitative estimate of drug-likeness (QED) is 0.378. The summed E-state index contributed by atoms with van der Waals surface area (Å²) in [6, 6.07) is 10.2. The van der Waals surface area contributed by atoms with Gasteiger partial charge >= 0.3 is 0 Å². The van der Waals surface area contributed by atoms with E-state index in [-0.39, 0.29) is 24.6 Å². The van der Waals surface area contributed by atoms with Crippen molar-refractivity contribution in [3.63, 3.8) is 0 Å². The normalized spacial score (nSPS) is 26.9. The Bertz CT molecular complexity index is 401. The van der Waals surface area contributed by atoms with Crippen LogP contribution in [0.5, 0.6) is 0 Å². The molecule has 1 aliphatic heterocycles. The molecule has 21 heavy (non-hydrogen) atoms. The van der Waals surface area contributed by atoms with E-state index in [2.05, 4.69) is 34.7 Å². The second-order valence-corrected chi connectivity index (χ2v) is 5.87. The highest BCUT2D eigenvalue weighted by atomic mass is 127. The fraction of sp³-hybridized carbons (Fsp3) is 0.625. The summed E-state index contributed by atoms with van der Waals surface area (Å²) >= 11 is 2.33. The first kappa shape index (κ1) is 17.1. The van der Waals surface area contributed by atoms with Gasteiger partial charge in [-0.1, -0.05) is 52.9 Å². The molecule has 1 aromatic rings. The molecule has 5 heteroatoms. The van der Waals surface area contributed by atoms with Gasteiger partial charge in [0.15, 0.2) is 6.29 Å². The highest BCUT2D eigenvalue weighted by Gasteiger charge is 2.39. The SMILES string of the molecule is CCO[C@H](C)O[C@@H]1CO[C@H](CI)[C@@H]1OCc1ccccc1. The van der Waals surface area contributed by atoms with Gasteiger partial charge in [-0.2, -0.15) is 0 Å². The third-order valence-electron chi connectivity index (χ3n) is 3.41. The van der Waals surface area contributed by atoms with Crippen LogP contribution in [0.4, 0.5) is 0 Å². The van der Waals surface area contributed by atoms with Crippen LogP contribution in [0.15, 0.2) is 30.3 Å². The molecule has 0 aromatic heterocycles. The van der Waals surface area contributed by atoms with Crippen molar-refractivity contribution in [1.82, 2.24) is 0 Å². The first-order valence-electron chi connectivity index (χ1n) is 7.34. The minimum atomic E-state index is -0.237. The Labute approximate surface area is 140 Å². The third kappa shape index (κ3) is 5.17. The molecule has 0 bridgehead atoms. The topological polar surface area (TPSA) is 36.9 Å². The van der Waals surface area contributed by atoms with Crippen molar-refractivity contribution >= 4 is 22.6 Å². The summed E-state index contributed by atoms with van der Waals surface area (Å²) in [6.45, 7) is 5.65. The van der Waals surface area contributed by atoms with Crippen molar-refractivity contribution in [3.05, 3.63) is 35.9 Å². The molecule has 0 aliphatic carbocycles. The maximum absolute atomic E-state index is 6.07. The Morgan fingerprint density at radius 2 is 2.10 bits per heavy atom. The highest BCUT2D eigenvalue weighted by molar-refractivity contribution is 14.1. The van der Waals surface area contributed by atoms with Gasteiger partial charge in [-0.3, -0.25) is 0 Å². The average molecular weight is 406 g/mol. The fourth-order valence-corrected chi connectivity index (χ4v) is 3.15. The Hall–Kier alpha value is -0.210. The highest BCUT2D eigenvalue weighted by Crippen LogP contribution is 2.24. The van der Waals surface area contributed by atoms with Gasteiger partial charge in [0.25, 0.3) is 0 Å². The molecule has 0 saturated carbocycles. The zero-order valence-corrected chi connectivity index (χ0v) is 14.7. The number of rotatable bonds is 8. The smallest absolute Gasteiger partial charge is 0.155 e. The van der Waals surface area contributed by atoms with E-state index in [0.717, 1.165) is 9.99 Å². The lowest BCUT2D eigenvalue weighted by Crippen LogP contribution is -2.38. The zero-order valence-electron chi connectivity index (χ0n) is 12.5. The van der Waals surface area contributed by atoms with Gasteiger partial charge in [0.1, 0.15) is 12.2 Å². The molecule has 4 atom stereocenters. The van der Waals surface area contributed by atoms with Crippen molar-refractivity contribution in [1.29, 1.82) is 0 Å². The van der Waals surface area contributed by atoms with Crippen molar-refractivity contribution in [2.45, 2.75) is 45.1 Å². The van der Waals surface area contributed by atoms with Crippen LogP contribution in [-0.2, 0) is 25.6 Å². The van der Waals surface area contributed by atoms with Gasteiger partial charge < -0.3 is 18.9 Å². The molecular formula is C16H23IO4. The molecule has 1 aromatic carbocycles. The van der Waals surface area contributed by atoms with Crippen LogP contribution < -0.4 is 0 Å². The van der Waals surface area contributed by atoms with E-state index in [9.17, 15) is 0 Å². The molecule has 118 valence electrons. The second-order valence-electron chi connectivity index (χ2n) is 4.98. The molecule has 0 N–H and O–H groups in total. The van der Waals surface area contributed by atoms with E-state index in [1.165, 1.54) is 0 Å². The Morgan fingerprint density at radius 1 is 1.33 bits per heavy atom. The van der Waals surface area contributed by atoms with Gasteiger partial charge in [-0.25, -0.2) is 0 Å². The minimum absolute atomic E-state index is 0.0509. The summed E-state index contributed by atoms with van der Waals surface area (Å²) in [5, 5.41) is 0. The van der Waals surface area contributed by atoms with Crippen molar-refractivity contribution in [3.8, 4) is 0 Å². The molecular weight excluding hydrogens is 383 g/mol. The molecule has 4 nitrogen and oxygen atoms in total. The largest absolute Gasteiger partial charge is 0.372 e. The summed E-state index contributed by atoms with van der Waals surface area (Å²) in [5.74, 6) is 0. The van der Waals surface area contributed by atoms with Crippen LogP contribution in [0, 0.1) is 0 Å². The summed E-state index contributed by atoms with van der Waals surface area (Å²) in [6.07, 6.45) is -0.285. The number of benzene rings is 1. The van der Waals surface area contributed by atoms with E-state index in [1.807, 2.05) is 32.0 Å². The van der Waals surface area contributed by atoms with Crippen molar-refractivity contribution < 1.29 is 18.9 Å². The molecule has 1 fully saturated rings. The Kier molecular flexibility index (Phi) is 7.39. The average Bonchev–Trinajstić information content (AvgIpc) is 2.88. The predicted octanol–water partition coefficient (Wildman–Crippen LogP) is 3.17.